The third-order valence-electron chi connectivity index (χ3n) is 9.53. The molecule has 1 saturated carbocycles. The Labute approximate surface area is 267 Å². The molecule has 2 heteroatoms. The average Bonchev–Trinajstić information content (AvgIpc) is 3.10. The Morgan fingerprint density at radius 2 is 1.30 bits per heavy atom. The number of fused-ring (bicyclic) bond motifs is 1. The molecule has 0 bridgehead atoms. The third kappa shape index (κ3) is 6.12. The fourth-order valence-electron chi connectivity index (χ4n) is 7.24. The van der Waals surface area contributed by atoms with Crippen molar-refractivity contribution in [3.8, 4) is 0 Å². The van der Waals surface area contributed by atoms with E-state index >= 15 is 0 Å². The highest BCUT2D eigenvalue weighted by Crippen LogP contribution is 2.44. The van der Waals surface area contributed by atoms with E-state index in [4.69, 9.17) is 11.6 Å². The molecule has 0 aromatic heterocycles. The number of benzene rings is 5. The van der Waals surface area contributed by atoms with E-state index in [9.17, 15) is 0 Å². The van der Waals surface area contributed by atoms with Crippen LogP contribution in [-0.2, 0) is 12.8 Å². The summed E-state index contributed by atoms with van der Waals surface area (Å²) in [6, 6.07) is 43.9. The van der Waals surface area contributed by atoms with Crippen molar-refractivity contribution in [2.24, 2.45) is 0 Å². The van der Waals surface area contributed by atoms with Gasteiger partial charge >= 0.3 is 0 Å². The number of halogens is 1. The van der Waals surface area contributed by atoms with Crippen LogP contribution in [0.4, 0.5) is 17.1 Å². The second-order valence-corrected chi connectivity index (χ2v) is 12.8. The highest BCUT2D eigenvalue weighted by atomic mass is 35.5. The van der Waals surface area contributed by atoms with E-state index < -0.39 is 0 Å². The minimum atomic E-state index is 0.689. The van der Waals surface area contributed by atoms with Crippen LogP contribution in [0, 0.1) is 0 Å². The molecule has 0 radical (unpaired) electrons. The Balaban J connectivity index is 1.31. The molecule has 0 spiro atoms. The van der Waals surface area contributed by atoms with Crippen LogP contribution in [-0.4, -0.2) is 0 Å². The summed E-state index contributed by atoms with van der Waals surface area (Å²) in [7, 11) is 0. The molecule has 2 aliphatic carbocycles. The molecular formula is C42H40ClN. The lowest BCUT2D eigenvalue weighted by molar-refractivity contribution is 0.443. The summed E-state index contributed by atoms with van der Waals surface area (Å²) in [5.74, 6) is 0.689. The molecule has 0 atom stereocenters. The van der Waals surface area contributed by atoms with Crippen LogP contribution in [0.3, 0.4) is 0 Å². The van der Waals surface area contributed by atoms with Gasteiger partial charge in [0.25, 0.3) is 0 Å². The quantitative estimate of drug-likeness (QED) is 0.170. The Hall–Kier alpha value is -4.07. The molecule has 44 heavy (non-hydrogen) atoms. The Bertz CT molecular complexity index is 1690. The van der Waals surface area contributed by atoms with E-state index in [0.29, 0.717) is 5.92 Å². The van der Waals surface area contributed by atoms with Crippen LogP contribution in [0.15, 0.2) is 121 Å². The first-order valence-electron chi connectivity index (χ1n) is 16.4. The van der Waals surface area contributed by atoms with Gasteiger partial charge in [0.1, 0.15) is 0 Å². The molecule has 5 aromatic carbocycles. The summed E-state index contributed by atoms with van der Waals surface area (Å²) in [4.78, 5) is 2.40. The van der Waals surface area contributed by atoms with Gasteiger partial charge in [-0.2, -0.15) is 0 Å². The summed E-state index contributed by atoms with van der Waals surface area (Å²) in [5, 5.41) is 0.754. The lowest BCUT2D eigenvalue weighted by Crippen LogP contribution is -2.16. The van der Waals surface area contributed by atoms with Gasteiger partial charge in [0.2, 0.25) is 0 Å². The smallest absolute Gasteiger partial charge is 0.0652 e. The van der Waals surface area contributed by atoms with Crippen LogP contribution < -0.4 is 4.90 Å². The molecule has 2 aliphatic rings. The fraction of sp³-hybridized carbons (Fsp3) is 0.238. The van der Waals surface area contributed by atoms with Crippen LogP contribution in [0.1, 0.15) is 84.2 Å². The second-order valence-electron chi connectivity index (χ2n) is 12.4. The van der Waals surface area contributed by atoms with Gasteiger partial charge in [0.15, 0.2) is 0 Å². The maximum absolute atomic E-state index is 7.26. The number of nitrogens with zero attached hydrogens (tertiary/aromatic N) is 1. The molecule has 0 unspecified atom stereocenters. The third-order valence-corrected chi connectivity index (χ3v) is 9.84. The van der Waals surface area contributed by atoms with Crippen LogP contribution in [0.2, 0.25) is 5.02 Å². The van der Waals surface area contributed by atoms with Crippen molar-refractivity contribution in [1.82, 2.24) is 0 Å². The van der Waals surface area contributed by atoms with Crippen LogP contribution in [0.25, 0.3) is 11.6 Å². The highest BCUT2D eigenvalue weighted by Gasteiger charge is 2.23. The number of rotatable bonds is 7. The molecule has 0 aliphatic heterocycles. The van der Waals surface area contributed by atoms with E-state index in [1.54, 1.807) is 0 Å². The number of hydrogen-bond acceptors (Lipinski definition) is 1. The number of aryl methyl sites for hydroxylation is 1. The number of hydrogen-bond donors (Lipinski definition) is 0. The fourth-order valence-corrected chi connectivity index (χ4v) is 7.51. The summed E-state index contributed by atoms with van der Waals surface area (Å²) < 4.78 is 0. The molecule has 1 nitrogen and oxygen atoms in total. The van der Waals surface area contributed by atoms with Gasteiger partial charge in [-0.3, -0.25) is 0 Å². The Morgan fingerprint density at radius 3 is 1.98 bits per heavy atom. The average molecular weight is 594 g/mol. The molecular weight excluding hydrogens is 554 g/mol. The van der Waals surface area contributed by atoms with Crippen molar-refractivity contribution in [3.05, 3.63) is 160 Å². The van der Waals surface area contributed by atoms with E-state index in [2.05, 4.69) is 132 Å². The number of anilines is 3. The van der Waals surface area contributed by atoms with Gasteiger partial charge in [-0.05, 0) is 120 Å². The first-order chi connectivity index (χ1) is 21.7. The Morgan fingerprint density at radius 1 is 0.614 bits per heavy atom. The second kappa shape index (κ2) is 13.3. The topological polar surface area (TPSA) is 3.24 Å². The van der Waals surface area contributed by atoms with E-state index in [1.807, 2.05) is 0 Å². The van der Waals surface area contributed by atoms with Crippen molar-refractivity contribution >= 4 is 40.3 Å². The van der Waals surface area contributed by atoms with Crippen molar-refractivity contribution in [1.29, 1.82) is 0 Å². The molecule has 0 heterocycles. The zero-order valence-electron chi connectivity index (χ0n) is 25.4. The monoisotopic (exact) mass is 593 g/mol. The molecule has 1 fully saturated rings. The summed E-state index contributed by atoms with van der Waals surface area (Å²) >= 11 is 7.26. The minimum Gasteiger partial charge on any atom is -0.309 e. The zero-order valence-corrected chi connectivity index (χ0v) is 26.1. The van der Waals surface area contributed by atoms with Gasteiger partial charge < -0.3 is 4.90 Å². The normalized spacial score (nSPS) is 14.9. The van der Waals surface area contributed by atoms with Crippen molar-refractivity contribution in [3.63, 3.8) is 0 Å². The molecule has 0 N–H and O–H groups in total. The standard InChI is InChI=1S/C42H40ClN/c43-40-30-31(29-39(35-15-6-2-7-16-35)36-17-8-3-9-18-36)23-28-42(40)44(41-22-12-20-34-19-10-11-21-38(34)41)37-26-24-33(25-27-37)32-13-4-1-5-14-32/h2-3,6-9,12,15-18,20,22-30,32H,1,4-5,10-11,13-14,19,21H2. The predicted octanol–water partition coefficient (Wildman–Crippen LogP) is 12.3. The highest BCUT2D eigenvalue weighted by molar-refractivity contribution is 6.33. The van der Waals surface area contributed by atoms with Gasteiger partial charge in [-0.15, -0.1) is 0 Å². The zero-order chi connectivity index (χ0) is 29.7. The molecule has 7 rings (SSSR count). The maximum atomic E-state index is 7.26. The molecule has 220 valence electrons. The maximum Gasteiger partial charge on any atom is 0.0652 e. The molecule has 5 aromatic rings. The summed E-state index contributed by atoms with van der Waals surface area (Å²) in [6.07, 6.45) is 13.7. The first-order valence-corrected chi connectivity index (χ1v) is 16.8. The summed E-state index contributed by atoms with van der Waals surface area (Å²) in [6.45, 7) is 0. The van der Waals surface area contributed by atoms with E-state index in [-0.39, 0.29) is 0 Å². The lowest BCUT2D eigenvalue weighted by Gasteiger charge is -2.31. The van der Waals surface area contributed by atoms with Gasteiger partial charge in [-0.1, -0.05) is 122 Å². The predicted molar refractivity (Wildman–Crippen MR) is 188 cm³/mol. The largest absolute Gasteiger partial charge is 0.309 e. The van der Waals surface area contributed by atoms with E-state index in [1.165, 1.54) is 89.7 Å². The van der Waals surface area contributed by atoms with Crippen molar-refractivity contribution in [2.45, 2.75) is 63.7 Å². The van der Waals surface area contributed by atoms with Crippen LogP contribution >= 0.6 is 11.6 Å². The Kier molecular flexibility index (Phi) is 8.66. The SMILES string of the molecule is Clc1cc(C=C(c2ccccc2)c2ccccc2)ccc1N(c1ccc(C2CCCCC2)cc1)c1cccc2c1CCCC2. The van der Waals surface area contributed by atoms with E-state index in [0.717, 1.165) is 29.1 Å². The van der Waals surface area contributed by atoms with Crippen molar-refractivity contribution < 1.29 is 0 Å². The summed E-state index contributed by atoms with van der Waals surface area (Å²) in [5.41, 5.74) is 12.5. The van der Waals surface area contributed by atoms with Gasteiger partial charge in [0.05, 0.1) is 10.7 Å². The van der Waals surface area contributed by atoms with Gasteiger partial charge in [0, 0.05) is 11.4 Å². The minimum absolute atomic E-state index is 0.689. The lowest BCUT2D eigenvalue weighted by atomic mass is 9.84. The molecule has 0 amide bonds. The van der Waals surface area contributed by atoms with Crippen LogP contribution in [0.5, 0.6) is 0 Å². The van der Waals surface area contributed by atoms with Crippen molar-refractivity contribution in [2.75, 3.05) is 4.90 Å². The molecule has 0 saturated heterocycles. The first kappa shape index (κ1) is 28.7. The van der Waals surface area contributed by atoms with Gasteiger partial charge in [-0.25, -0.2) is 0 Å².